The van der Waals surface area contributed by atoms with Crippen molar-refractivity contribution in [1.29, 1.82) is 0 Å². The molecule has 0 aromatic carbocycles. The summed E-state index contributed by atoms with van der Waals surface area (Å²) >= 11 is 1.56. The number of allylic oxidation sites excluding steroid dienone is 6. The van der Waals surface area contributed by atoms with Gasteiger partial charge < -0.3 is 20.1 Å². The van der Waals surface area contributed by atoms with Crippen molar-refractivity contribution in [2.45, 2.75) is 85.0 Å². The number of esters is 2. The number of aromatic nitrogens is 1. The number of aryl methyl sites for hydroxylation is 1. The second-order valence-electron chi connectivity index (χ2n) is 10.1. The highest BCUT2D eigenvalue weighted by atomic mass is 32.1. The smallest absolute Gasteiger partial charge is 0.331 e. The Labute approximate surface area is 243 Å². The van der Waals surface area contributed by atoms with Crippen LogP contribution in [-0.4, -0.2) is 48.3 Å². The second kappa shape index (κ2) is 18.2. The molecule has 2 heterocycles. The number of hydrogen-bond acceptors (Lipinski definition) is 8. The summed E-state index contributed by atoms with van der Waals surface area (Å²) < 4.78 is 11.5. The number of carbonyl (C=O) groups is 2. The van der Waals surface area contributed by atoms with Crippen molar-refractivity contribution < 1.29 is 19.1 Å². The molecule has 1 aliphatic rings. The molecule has 1 aliphatic heterocycles. The summed E-state index contributed by atoms with van der Waals surface area (Å²) in [6.45, 7) is 15.4. The third-order valence-electron chi connectivity index (χ3n) is 6.19. The molecule has 0 aliphatic carbocycles. The number of hydrogen-bond donors (Lipinski definition) is 2. The van der Waals surface area contributed by atoms with E-state index in [1.54, 1.807) is 17.4 Å². The summed E-state index contributed by atoms with van der Waals surface area (Å²) in [4.78, 5) is 30.2. The quantitative estimate of drug-likeness (QED) is 0.229. The van der Waals surface area contributed by atoms with Gasteiger partial charge in [-0.3, -0.25) is 0 Å². The molecule has 8 heteroatoms. The highest BCUT2D eigenvalue weighted by Crippen LogP contribution is 2.18. The summed E-state index contributed by atoms with van der Waals surface area (Å²) in [6, 6.07) is -0.456. The van der Waals surface area contributed by atoms with Crippen LogP contribution < -0.4 is 10.6 Å². The molecule has 1 aromatic rings. The van der Waals surface area contributed by atoms with Gasteiger partial charge >= 0.3 is 11.9 Å². The Kier molecular flexibility index (Phi) is 15.0. The van der Waals surface area contributed by atoms with E-state index in [4.69, 9.17) is 14.5 Å². The molecule has 1 aromatic heterocycles. The molecule has 2 rings (SSSR count). The Balaban J connectivity index is 2.26. The molecule has 0 amide bonds. The highest BCUT2D eigenvalue weighted by Gasteiger charge is 2.21. The fraction of sp³-hybridized carbons (Fsp3) is 0.469. The lowest BCUT2D eigenvalue weighted by Crippen LogP contribution is -2.36. The van der Waals surface area contributed by atoms with E-state index in [2.05, 4.69) is 43.2 Å². The number of rotatable bonds is 8. The van der Waals surface area contributed by atoms with Gasteiger partial charge in [0, 0.05) is 30.8 Å². The first kappa shape index (κ1) is 33.0. The van der Waals surface area contributed by atoms with E-state index in [1.165, 1.54) is 12.3 Å². The molecule has 0 spiro atoms. The van der Waals surface area contributed by atoms with E-state index in [1.807, 2.05) is 44.4 Å². The molecule has 2 bridgehead atoms. The first-order valence-electron chi connectivity index (χ1n) is 14.0. The molecule has 2 N–H and O–H groups in total. The lowest BCUT2D eigenvalue weighted by molar-refractivity contribution is -0.150. The maximum Gasteiger partial charge on any atom is 0.331 e. The Morgan fingerprint density at radius 1 is 1.20 bits per heavy atom. The van der Waals surface area contributed by atoms with Gasteiger partial charge in [0.05, 0.1) is 10.7 Å². The van der Waals surface area contributed by atoms with Crippen molar-refractivity contribution in [2.75, 3.05) is 13.1 Å². The minimum atomic E-state index is -0.456. The fourth-order valence-corrected chi connectivity index (χ4v) is 5.02. The number of thiazole rings is 1. The van der Waals surface area contributed by atoms with Crippen LogP contribution in [0.3, 0.4) is 0 Å². The lowest BCUT2D eigenvalue weighted by atomic mass is 10.1. The number of ether oxygens (including phenoxy) is 2. The van der Waals surface area contributed by atoms with Crippen molar-refractivity contribution in [3.63, 3.8) is 0 Å². The van der Waals surface area contributed by atoms with Crippen molar-refractivity contribution in [1.82, 2.24) is 15.6 Å². The Morgan fingerprint density at radius 2 is 1.98 bits per heavy atom. The Bertz CT molecular complexity index is 1130. The van der Waals surface area contributed by atoms with Crippen LogP contribution in [0.25, 0.3) is 0 Å². The van der Waals surface area contributed by atoms with Crippen LogP contribution in [0.2, 0.25) is 0 Å². The van der Waals surface area contributed by atoms with E-state index in [0.717, 1.165) is 53.4 Å². The van der Waals surface area contributed by atoms with Gasteiger partial charge in [0.2, 0.25) is 0 Å². The summed E-state index contributed by atoms with van der Waals surface area (Å²) in [5, 5.41) is 9.24. The SMILES string of the molecule is C=CN[C@@H]1CCCc2csc(n2)C[C@@H](/C=C(C)/C=C/C(C)=C/CNCC)OC(=O)/C=C\C=C(/C)C[C@H](C)OC1=O. The van der Waals surface area contributed by atoms with Gasteiger partial charge in [-0.15, -0.1) is 11.3 Å². The van der Waals surface area contributed by atoms with E-state index in [0.29, 0.717) is 19.3 Å². The Hall–Kier alpha value is -3.23. The van der Waals surface area contributed by atoms with E-state index < -0.39 is 18.1 Å². The molecule has 3 atom stereocenters. The minimum Gasteiger partial charge on any atom is -0.461 e. The number of likely N-dealkylation sites (N-methyl/N-ethyl adjacent to an activating group) is 1. The molecule has 218 valence electrons. The molecule has 0 fully saturated rings. The number of fused-ring (bicyclic) bond motifs is 2. The van der Waals surface area contributed by atoms with Crippen LogP contribution in [0.1, 0.15) is 64.6 Å². The summed E-state index contributed by atoms with van der Waals surface area (Å²) in [5.41, 5.74) is 4.11. The fourth-order valence-electron chi connectivity index (χ4n) is 4.14. The molecule has 0 unspecified atom stereocenters. The molecular formula is C32H45N3O4S. The second-order valence-corrected chi connectivity index (χ2v) is 11.0. The van der Waals surface area contributed by atoms with Gasteiger partial charge in [0.1, 0.15) is 18.2 Å². The number of nitrogens with zero attached hydrogens (tertiary/aromatic N) is 1. The molecule has 40 heavy (non-hydrogen) atoms. The average molecular weight is 568 g/mol. The zero-order valence-corrected chi connectivity index (χ0v) is 25.4. The van der Waals surface area contributed by atoms with Crippen molar-refractivity contribution in [3.05, 3.63) is 88.1 Å². The van der Waals surface area contributed by atoms with E-state index in [9.17, 15) is 9.59 Å². The predicted molar refractivity (Wildman–Crippen MR) is 164 cm³/mol. The molecule has 0 radical (unpaired) electrons. The first-order valence-corrected chi connectivity index (χ1v) is 14.9. The van der Waals surface area contributed by atoms with Crippen LogP contribution >= 0.6 is 11.3 Å². The zero-order valence-electron chi connectivity index (χ0n) is 24.6. The van der Waals surface area contributed by atoms with Crippen molar-refractivity contribution in [2.24, 2.45) is 0 Å². The summed E-state index contributed by atoms with van der Waals surface area (Å²) in [6.07, 6.45) is 17.1. The van der Waals surface area contributed by atoms with E-state index in [-0.39, 0.29) is 12.1 Å². The van der Waals surface area contributed by atoms with Crippen molar-refractivity contribution >= 4 is 23.3 Å². The largest absolute Gasteiger partial charge is 0.461 e. The van der Waals surface area contributed by atoms with Gasteiger partial charge in [0.15, 0.2) is 0 Å². The third kappa shape index (κ3) is 13.2. The third-order valence-corrected chi connectivity index (χ3v) is 7.11. The molecule has 0 saturated heterocycles. The number of cyclic esters (lactones) is 2. The van der Waals surface area contributed by atoms with Gasteiger partial charge in [0.25, 0.3) is 0 Å². The lowest BCUT2D eigenvalue weighted by Gasteiger charge is -2.20. The standard InChI is InChI=1S/C32H45N3O4S/c1-7-33-18-17-23(3)15-16-25(5)20-28-21-30-35-27(22-40-30)12-10-13-29(34-8-2)32(37)38-26(6)19-24(4)11-9-14-31(36)39-28/h8-9,11,14-17,20,22,26,28-29,33-34H,2,7,10,12-13,18-19,21H2,1,3-6H3/b14-9-,16-15+,23-17+,24-11+,25-20+/t26-,28+,29+/m0/s1. The normalized spacial score (nSPS) is 24.6. The van der Waals surface area contributed by atoms with E-state index >= 15 is 0 Å². The zero-order chi connectivity index (χ0) is 29.3. The number of nitrogens with one attached hydrogen (secondary N) is 2. The first-order chi connectivity index (χ1) is 19.2. The predicted octanol–water partition coefficient (Wildman–Crippen LogP) is 5.92. The summed E-state index contributed by atoms with van der Waals surface area (Å²) in [5.74, 6) is -0.713. The maximum atomic E-state index is 12.7. The minimum absolute atomic E-state index is 0.293. The maximum absolute atomic E-state index is 12.7. The van der Waals surface area contributed by atoms with Crippen LogP contribution in [0.5, 0.6) is 0 Å². The number of carbonyl (C=O) groups excluding carboxylic acids is 2. The van der Waals surface area contributed by atoms with Crippen LogP contribution in [0, 0.1) is 0 Å². The van der Waals surface area contributed by atoms with Gasteiger partial charge in [-0.25, -0.2) is 14.6 Å². The van der Waals surface area contributed by atoms with Crippen LogP contribution in [0.4, 0.5) is 0 Å². The average Bonchev–Trinajstić information content (AvgIpc) is 3.33. The van der Waals surface area contributed by atoms with Gasteiger partial charge in [-0.05, 0) is 65.8 Å². The topological polar surface area (TPSA) is 89.6 Å². The molecular weight excluding hydrogens is 522 g/mol. The highest BCUT2D eigenvalue weighted by molar-refractivity contribution is 7.09. The van der Waals surface area contributed by atoms with Crippen LogP contribution in [0.15, 0.2) is 77.4 Å². The molecule has 7 nitrogen and oxygen atoms in total. The van der Waals surface area contributed by atoms with Crippen LogP contribution in [-0.2, 0) is 31.9 Å². The van der Waals surface area contributed by atoms with Gasteiger partial charge in [-0.1, -0.05) is 60.6 Å². The Morgan fingerprint density at radius 3 is 2.73 bits per heavy atom. The van der Waals surface area contributed by atoms with Gasteiger partial charge in [-0.2, -0.15) is 0 Å². The summed E-state index contributed by atoms with van der Waals surface area (Å²) in [7, 11) is 0. The monoisotopic (exact) mass is 567 g/mol. The van der Waals surface area contributed by atoms with Crippen molar-refractivity contribution in [3.8, 4) is 0 Å². The molecule has 0 saturated carbocycles.